The molecule has 4 nitrogen and oxygen atoms in total. The predicted molar refractivity (Wildman–Crippen MR) is 118 cm³/mol. The summed E-state index contributed by atoms with van der Waals surface area (Å²) in [6, 6.07) is 0. The molecule has 0 saturated heterocycles. The van der Waals surface area contributed by atoms with Crippen molar-refractivity contribution in [2.24, 2.45) is 46.3 Å². The quantitative estimate of drug-likeness (QED) is 0.631. The molecule has 0 radical (unpaired) electrons. The fraction of sp³-hybridized carbons (Fsp3) is 0.962. The molecule has 4 heteroatoms. The SMILES string of the molecule is COC(=O)CC[C@@H](C)[C@H]1CCC2C3C(CC[C@@]21C)[C@@]1(C)CC[C@@H](O)CC1C[C@@]3(C)O. The van der Waals surface area contributed by atoms with E-state index in [0.29, 0.717) is 41.9 Å². The molecule has 2 N–H and O–H groups in total. The van der Waals surface area contributed by atoms with Gasteiger partial charge in [0, 0.05) is 6.42 Å². The van der Waals surface area contributed by atoms with Gasteiger partial charge in [-0.2, -0.15) is 0 Å². The molecule has 4 aliphatic rings. The Bertz CT molecular complexity index is 659. The molecule has 4 aliphatic carbocycles. The monoisotopic (exact) mass is 420 g/mol. The first-order chi connectivity index (χ1) is 14.0. The molecule has 4 fully saturated rings. The number of aliphatic hydroxyl groups excluding tert-OH is 1. The van der Waals surface area contributed by atoms with Crippen LogP contribution in [0, 0.1) is 46.3 Å². The topological polar surface area (TPSA) is 66.8 Å². The molecular weight excluding hydrogens is 376 g/mol. The smallest absolute Gasteiger partial charge is 0.305 e. The highest BCUT2D eigenvalue weighted by atomic mass is 16.5. The predicted octanol–water partition coefficient (Wildman–Crippen LogP) is 4.96. The maximum absolute atomic E-state index is 11.8. The van der Waals surface area contributed by atoms with Crippen LogP contribution in [0.25, 0.3) is 0 Å². The van der Waals surface area contributed by atoms with E-state index in [1.54, 1.807) is 0 Å². The second kappa shape index (κ2) is 7.76. The zero-order valence-corrected chi connectivity index (χ0v) is 19.8. The summed E-state index contributed by atoms with van der Waals surface area (Å²) in [5.41, 5.74) is -0.109. The van der Waals surface area contributed by atoms with Crippen LogP contribution in [0.5, 0.6) is 0 Å². The molecule has 0 amide bonds. The highest BCUT2D eigenvalue weighted by Gasteiger charge is 2.65. The van der Waals surface area contributed by atoms with Crippen LogP contribution in [-0.4, -0.2) is 35.0 Å². The van der Waals surface area contributed by atoms with E-state index >= 15 is 0 Å². The third kappa shape index (κ3) is 3.45. The van der Waals surface area contributed by atoms with Crippen molar-refractivity contribution in [3.05, 3.63) is 0 Å². The lowest BCUT2D eigenvalue weighted by atomic mass is 9.41. The van der Waals surface area contributed by atoms with E-state index in [1.807, 2.05) is 0 Å². The fourth-order valence-corrected chi connectivity index (χ4v) is 9.21. The Labute approximate surface area is 183 Å². The number of methoxy groups -OCH3 is 1. The van der Waals surface area contributed by atoms with E-state index in [2.05, 4.69) is 27.7 Å². The number of hydrogen-bond acceptors (Lipinski definition) is 4. The minimum Gasteiger partial charge on any atom is -0.469 e. The van der Waals surface area contributed by atoms with Crippen LogP contribution in [0.1, 0.15) is 91.9 Å². The molecule has 0 aromatic heterocycles. The third-order valence-corrected chi connectivity index (χ3v) is 10.8. The van der Waals surface area contributed by atoms with Gasteiger partial charge in [-0.15, -0.1) is 0 Å². The molecule has 4 saturated carbocycles. The Morgan fingerprint density at radius 3 is 2.43 bits per heavy atom. The first kappa shape index (κ1) is 22.6. The Morgan fingerprint density at radius 2 is 1.73 bits per heavy atom. The van der Waals surface area contributed by atoms with Gasteiger partial charge in [-0.3, -0.25) is 4.79 Å². The van der Waals surface area contributed by atoms with Crippen molar-refractivity contribution >= 4 is 5.97 Å². The highest BCUT2D eigenvalue weighted by Crippen LogP contribution is 2.70. The summed E-state index contributed by atoms with van der Waals surface area (Å²) in [5.74, 6) is 2.99. The van der Waals surface area contributed by atoms with Crippen LogP contribution in [0.4, 0.5) is 0 Å². The highest BCUT2D eigenvalue weighted by molar-refractivity contribution is 5.69. The van der Waals surface area contributed by atoms with E-state index in [1.165, 1.54) is 32.8 Å². The van der Waals surface area contributed by atoms with Gasteiger partial charge in [-0.1, -0.05) is 20.8 Å². The molecule has 0 aromatic rings. The normalized spacial score (nSPS) is 51.4. The Balaban J connectivity index is 1.57. The number of fused-ring (bicyclic) bond motifs is 5. The van der Waals surface area contributed by atoms with Crippen molar-refractivity contribution in [3.63, 3.8) is 0 Å². The van der Waals surface area contributed by atoms with Gasteiger partial charge >= 0.3 is 5.97 Å². The molecule has 4 rings (SSSR count). The van der Waals surface area contributed by atoms with Gasteiger partial charge in [0.25, 0.3) is 0 Å². The second-order valence-electron chi connectivity index (χ2n) is 12.3. The van der Waals surface area contributed by atoms with Gasteiger partial charge in [-0.05, 0) is 111 Å². The lowest BCUT2D eigenvalue weighted by molar-refractivity contribution is -0.212. The minimum atomic E-state index is -0.637. The summed E-state index contributed by atoms with van der Waals surface area (Å²) >= 11 is 0. The molecule has 10 atom stereocenters. The fourth-order valence-electron chi connectivity index (χ4n) is 9.21. The van der Waals surface area contributed by atoms with E-state index < -0.39 is 5.60 Å². The van der Waals surface area contributed by atoms with E-state index in [4.69, 9.17) is 4.74 Å². The Kier molecular flexibility index (Phi) is 5.84. The summed E-state index contributed by atoms with van der Waals surface area (Å²) in [4.78, 5) is 11.7. The van der Waals surface area contributed by atoms with Crippen LogP contribution in [-0.2, 0) is 9.53 Å². The molecule has 0 aliphatic heterocycles. The van der Waals surface area contributed by atoms with Gasteiger partial charge in [0.05, 0.1) is 18.8 Å². The summed E-state index contributed by atoms with van der Waals surface area (Å²) < 4.78 is 4.87. The molecule has 0 spiro atoms. The summed E-state index contributed by atoms with van der Waals surface area (Å²) in [5, 5.41) is 22.1. The van der Waals surface area contributed by atoms with Gasteiger partial charge in [0.15, 0.2) is 0 Å². The van der Waals surface area contributed by atoms with Gasteiger partial charge in [0.1, 0.15) is 0 Å². The summed E-state index contributed by atoms with van der Waals surface area (Å²) in [6.07, 6.45) is 9.86. The zero-order chi connectivity index (χ0) is 21.9. The second-order valence-corrected chi connectivity index (χ2v) is 12.3. The van der Waals surface area contributed by atoms with Crippen molar-refractivity contribution in [2.75, 3.05) is 7.11 Å². The van der Waals surface area contributed by atoms with Crippen molar-refractivity contribution in [1.82, 2.24) is 0 Å². The average Bonchev–Trinajstić information content (AvgIpc) is 3.04. The molecule has 30 heavy (non-hydrogen) atoms. The van der Waals surface area contributed by atoms with Gasteiger partial charge in [0.2, 0.25) is 0 Å². The van der Waals surface area contributed by atoms with Gasteiger partial charge < -0.3 is 14.9 Å². The number of esters is 1. The number of carbonyl (C=O) groups excluding carboxylic acids is 1. The first-order valence-electron chi connectivity index (χ1n) is 12.5. The number of aliphatic hydroxyl groups is 2. The molecule has 172 valence electrons. The largest absolute Gasteiger partial charge is 0.469 e. The number of carbonyl (C=O) groups is 1. The average molecular weight is 421 g/mol. The number of hydrogen-bond donors (Lipinski definition) is 2. The lowest BCUT2D eigenvalue weighted by Gasteiger charge is -2.65. The van der Waals surface area contributed by atoms with E-state index in [-0.39, 0.29) is 22.9 Å². The number of ether oxygens (including phenoxy) is 1. The number of rotatable bonds is 4. The molecular formula is C26H44O4. The van der Waals surface area contributed by atoms with E-state index in [0.717, 1.165) is 32.1 Å². The maximum Gasteiger partial charge on any atom is 0.305 e. The van der Waals surface area contributed by atoms with Crippen molar-refractivity contribution in [1.29, 1.82) is 0 Å². The van der Waals surface area contributed by atoms with Crippen LogP contribution in [0.3, 0.4) is 0 Å². The van der Waals surface area contributed by atoms with Crippen LogP contribution >= 0.6 is 0 Å². The Hall–Kier alpha value is -0.610. The third-order valence-electron chi connectivity index (χ3n) is 10.8. The van der Waals surface area contributed by atoms with Crippen LogP contribution in [0.15, 0.2) is 0 Å². The minimum absolute atomic E-state index is 0.0982. The summed E-state index contributed by atoms with van der Waals surface area (Å²) in [6.45, 7) is 9.40. The molecule has 0 aromatic carbocycles. The standard InChI is InChI=1S/C26H44O4/c1-16(6-9-22(28)30-5)19-7-8-20-23-21(11-13-25(19,20)3)24(2)12-10-18(27)14-17(24)15-26(23,4)29/h16-21,23,27,29H,6-15H2,1-5H3/t16-,17?,18-,19-,20?,21?,23?,24+,25-,26-/m1/s1. The molecule has 0 heterocycles. The molecule has 4 unspecified atom stereocenters. The maximum atomic E-state index is 11.8. The van der Waals surface area contributed by atoms with Crippen molar-refractivity contribution < 1.29 is 19.7 Å². The zero-order valence-electron chi connectivity index (χ0n) is 19.8. The van der Waals surface area contributed by atoms with Crippen LogP contribution in [0.2, 0.25) is 0 Å². The van der Waals surface area contributed by atoms with E-state index in [9.17, 15) is 15.0 Å². The van der Waals surface area contributed by atoms with Crippen molar-refractivity contribution in [3.8, 4) is 0 Å². The first-order valence-corrected chi connectivity index (χ1v) is 12.5. The Morgan fingerprint density at radius 1 is 1.07 bits per heavy atom. The van der Waals surface area contributed by atoms with Crippen LogP contribution < -0.4 is 0 Å². The lowest BCUT2D eigenvalue weighted by Crippen LogP contribution is -2.62. The summed E-state index contributed by atoms with van der Waals surface area (Å²) in [7, 11) is 1.48. The van der Waals surface area contributed by atoms with Crippen molar-refractivity contribution in [2.45, 2.75) is 104 Å². The molecule has 0 bridgehead atoms. The van der Waals surface area contributed by atoms with Gasteiger partial charge in [-0.25, -0.2) is 0 Å².